The smallest absolute Gasteiger partial charge is 0.119 e. The first-order chi connectivity index (χ1) is 9.79. The third-order valence-corrected chi connectivity index (χ3v) is 3.96. The molecular weight excluding hydrogens is 248 g/mol. The highest BCUT2D eigenvalue weighted by atomic mass is 16.5. The number of ether oxygens (including phenoxy) is 1. The van der Waals surface area contributed by atoms with Crippen LogP contribution in [0, 0.1) is 0 Å². The van der Waals surface area contributed by atoms with E-state index in [2.05, 4.69) is 46.9 Å². The quantitative estimate of drug-likeness (QED) is 0.520. The van der Waals surface area contributed by atoms with E-state index in [0.29, 0.717) is 0 Å². The average molecular weight is 262 g/mol. The second-order valence-electron chi connectivity index (χ2n) is 4.97. The lowest BCUT2D eigenvalue weighted by Gasteiger charge is -2.01. The van der Waals surface area contributed by atoms with Crippen molar-refractivity contribution in [3.05, 3.63) is 48.7 Å². The largest absolute Gasteiger partial charge is 0.497 e. The van der Waals surface area contributed by atoms with Crippen LogP contribution in [-0.2, 0) is 7.05 Å². The number of rotatable bonds is 1. The van der Waals surface area contributed by atoms with Gasteiger partial charge in [-0.05, 0) is 36.4 Å². The maximum atomic E-state index is 5.37. The lowest BCUT2D eigenvalue weighted by Crippen LogP contribution is -1.87. The number of aromatic nitrogens is 2. The van der Waals surface area contributed by atoms with Crippen LogP contribution in [0.3, 0.4) is 0 Å². The highest BCUT2D eigenvalue weighted by Crippen LogP contribution is 2.35. The fourth-order valence-corrected chi connectivity index (χ4v) is 2.97. The monoisotopic (exact) mass is 262 g/mol. The fraction of sp³-hybridized carbons (Fsp3) is 0.118. The molecule has 0 bridgehead atoms. The number of pyridine rings is 1. The molecule has 4 rings (SSSR count). The molecule has 0 saturated heterocycles. The van der Waals surface area contributed by atoms with Crippen molar-refractivity contribution in [2.45, 2.75) is 0 Å². The predicted octanol–water partition coefficient (Wildman–Crippen LogP) is 3.89. The van der Waals surface area contributed by atoms with E-state index in [1.54, 1.807) is 7.11 Å². The van der Waals surface area contributed by atoms with Crippen LogP contribution in [0.2, 0.25) is 0 Å². The Bertz CT molecular complexity index is 953. The van der Waals surface area contributed by atoms with Crippen molar-refractivity contribution in [3.63, 3.8) is 0 Å². The van der Waals surface area contributed by atoms with Gasteiger partial charge in [0, 0.05) is 40.4 Å². The highest BCUT2D eigenvalue weighted by molar-refractivity contribution is 6.20. The molecule has 98 valence electrons. The van der Waals surface area contributed by atoms with Crippen LogP contribution in [0.15, 0.2) is 48.7 Å². The van der Waals surface area contributed by atoms with Gasteiger partial charge in [0.1, 0.15) is 5.75 Å². The Morgan fingerprint density at radius 1 is 1.00 bits per heavy atom. The minimum absolute atomic E-state index is 0.880. The molecule has 0 aliphatic rings. The summed E-state index contributed by atoms with van der Waals surface area (Å²) in [6, 6.07) is 14.5. The van der Waals surface area contributed by atoms with Crippen LogP contribution in [0.1, 0.15) is 0 Å². The number of benzene rings is 2. The first-order valence-electron chi connectivity index (χ1n) is 6.59. The van der Waals surface area contributed by atoms with Gasteiger partial charge in [-0.25, -0.2) is 0 Å². The van der Waals surface area contributed by atoms with Crippen LogP contribution in [-0.4, -0.2) is 16.7 Å². The van der Waals surface area contributed by atoms with E-state index in [4.69, 9.17) is 4.74 Å². The topological polar surface area (TPSA) is 27.1 Å². The summed E-state index contributed by atoms with van der Waals surface area (Å²) >= 11 is 0. The van der Waals surface area contributed by atoms with Crippen molar-refractivity contribution >= 4 is 32.7 Å². The number of hydrogen-bond acceptors (Lipinski definition) is 2. The first-order valence-corrected chi connectivity index (χ1v) is 6.59. The molecular formula is C17H14N2O. The molecule has 4 aromatic rings. The molecule has 0 N–H and O–H groups in total. The van der Waals surface area contributed by atoms with Gasteiger partial charge in [-0.3, -0.25) is 4.98 Å². The second-order valence-corrected chi connectivity index (χ2v) is 4.97. The second kappa shape index (κ2) is 3.97. The Hall–Kier alpha value is -2.55. The molecule has 20 heavy (non-hydrogen) atoms. The van der Waals surface area contributed by atoms with Crippen molar-refractivity contribution in [2.24, 2.45) is 7.05 Å². The number of fused-ring (bicyclic) bond motifs is 5. The molecule has 0 saturated carbocycles. The SMILES string of the molecule is COc1ccc2c(c1)c1c3cccnc3ccc1n2C. The Kier molecular flexibility index (Phi) is 2.24. The van der Waals surface area contributed by atoms with Crippen LogP contribution < -0.4 is 4.74 Å². The van der Waals surface area contributed by atoms with Gasteiger partial charge in [-0.1, -0.05) is 6.07 Å². The molecule has 3 heteroatoms. The minimum Gasteiger partial charge on any atom is -0.497 e. The molecule has 0 unspecified atom stereocenters. The molecule has 0 atom stereocenters. The van der Waals surface area contributed by atoms with E-state index in [0.717, 1.165) is 11.3 Å². The van der Waals surface area contributed by atoms with E-state index < -0.39 is 0 Å². The number of hydrogen-bond donors (Lipinski definition) is 0. The Morgan fingerprint density at radius 3 is 2.70 bits per heavy atom. The Morgan fingerprint density at radius 2 is 1.85 bits per heavy atom. The molecule has 0 aliphatic carbocycles. The maximum absolute atomic E-state index is 5.37. The molecule has 0 spiro atoms. The van der Waals surface area contributed by atoms with Gasteiger partial charge in [0.05, 0.1) is 12.6 Å². The maximum Gasteiger partial charge on any atom is 0.119 e. The summed E-state index contributed by atoms with van der Waals surface area (Å²) in [5, 5.41) is 3.64. The molecule has 0 fully saturated rings. The molecule has 2 heterocycles. The van der Waals surface area contributed by atoms with Gasteiger partial charge in [0.15, 0.2) is 0 Å². The van der Waals surface area contributed by atoms with Crippen molar-refractivity contribution < 1.29 is 4.74 Å². The van der Waals surface area contributed by atoms with Crippen LogP contribution >= 0.6 is 0 Å². The standard InChI is InChI=1S/C17H14N2O/c1-19-15-7-5-11(20-2)10-13(15)17-12-4-3-9-18-14(12)6-8-16(17)19/h3-10H,1-2H3. The molecule has 0 radical (unpaired) electrons. The summed E-state index contributed by atoms with van der Waals surface area (Å²) in [5.74, 6) is 0.880. The summed E-state index contributed by atoms with van der Waals surface area (Å²) < 4.78 is 7.59. The minimum atomic E-state index is 0.880. The molecule has 0 aliphatic heterocycles. The Balaban J connectivity index is 2.31. The van der Waals surface area contributed by atoms with E-state index in [-0.39, 0.29) is 0 Å². The lowest BCUT2D eigenvalue weighted by atomic mass is 10.1. The van der Waals surface area contributed by atoms with Crippen molar-refractivity contribution in [2.75, 3.05) is 7.11 Å². The Labute approximate surface area is 116 Å². The molecule has 2 aromatic heterocycles. The van der Waals surface area contributed by atoms with E-state index >= 15 is 0 Å². The van der Waals surface area contributed by atoms with Crippen LogP contribution in [0.5, 0.6) is 5.75 Å². The van der Waals surface area contributed by atoms with Gasteiger partial charge in [-0.2, -0.15) is 0 Å². The van der Waals surface area contributed by atoms with Crippen molar-refractivity contribution in [3.8, 4) is 5.75 Å². The molecule has 0 amide bonds. The van der Waals surface area contributed by atoms with Gasteiger partial charge in [0.25, 0.3) is 0 Å². The number of nitrogens with zero attached hydrogens (tertiary/aromatic N) is 2. The van der Waals surface area contributed by atoms with Gasteiger partial charge in [0.2, 0.25) is 0 Å². The summed E-state index contributed by atoms with van der Waals surface area (Å²) in [6.45, 7) is 0. The third kappa shape index (κ3) is 1.37. The summed E-state index contributed by atoms with van der Waals surface area (Å²) in [4.78, 5) is 4.45. The highest BCUT2D eigenvalue weighted by Gasteiger charge is 2.12. The number of methoxy groups -OCH3 is 1. The van der Waals surface area contributed by atoms with Crippen molar-refractivity contribution in [1.29, 1.82) is 0 Å². The third-order valence-electron chi connectivity index (χ3n) is 3.96. The molecule has 3 nitrogen and oxygen atoms in total. The molecule has 2 aromatic carbocycles. The van der Waals surface area contributed by atoms with Crippen molar-refractivity contribution in [1.82, 2.24) is 9.55 Å². The van der Waals surface area contributed by atoms with E-state index in [9.17, 15) is 0 Å². The van der Waals surface area contributed by atoms with Gasteiger partial charge >= 0.3 is 0 Å². The summed E-state index contributed by atoms with van der Waals surface area (Å²) in [6.07, 6.45) is 1.83. The zero-order valence-corrected chi connectivity index (χ0v) is 11.4. The van der Waals surface area contributed by atoms with Crippen LogP contribution in [0.25, 0.3) is 32.7 Å². The summed E-state index contributed by atoms with van der Waals surface area (Å²) in [7, 11) is 3.80. The lowest BCUT2D eigenvalue weighted by molar-refractivity contribution is 0.415. The number of aryl methyl sites for hydroxylation is 1. The van der Waals surface area contributed by atoms with E-state index in [1.165, 1.54) is 27.2 Å². The fourth-order valence-electron chi connectivity index (χ4n) is 2.97. The average Bonchev–Trinajstić information content (AvgIpc) is 2.80. The van der Waals surface area contributed by atoms with E-state index in [1.807, 2.05) is 18.3 Å². The first kappa shape index (κ1) is 11.3. The van der Waals surface area contributed by atoms with Gasteiger partial charge < -0.3 is 9.30 Å². The predicted molar refractivity (Wildman–Crippen MR) is 82.3 cm³/mol. The zero-order chi connectivity index (χ0) is 13.7. The summed E-state index contributed by atoms with van der Waals surface area (Å²) in [5.41, 5.74) is 3.45. The normalized spacial score (nSPS) is 11.5. The van der Waals surface area contributed by atoms with Crippen LogP contribution in [0.4, 0.5) is 0 Å². The van der Waals surface area contributed by atoms with Gasteiger partial charge in [-0.15, -0.1) is 0 Å². The zero-order valence-electron chi connectivity index (χ0n) is 11.4.